The van der Waals surface area contributed by atoms with Crippen molar-refractivity contribution in [2.24, 2.45) is 0 Å². The maximum atomic E-state index is 13.7. The van der Waals surface area contributed by atoms with E-state index in [1.165, 1.54) is 5.69 Å². The van der Waals surface area contributed by atoms with Crippen LogP contribution >= 0.6 is 0 Å². The van der Waals surface area contributed by atoms with Crippen molar-refractivity contribution in [3.8, 4) is 22.7 Å². The predicted octanol–water partition coefficient (Wildman–Crippen LogP) is 4.66. The van der Waals surface area contributed by atoms with Gasteiger partial charge < -0.3 is 19.3 Å². The molecule has 4 aromatic rings. The highest BCUT2D eigenvalue weighted by Crippen LogP contribution is 2.32. The van der Waals surface area contributed by atoms with Crippen LogP contribution in [-0.4, -0.2) is 61.0 Å². The molecule has 0 aliphatic carbocycles. The highest BCUT2D eigenvalue weighted by atomic mass is 16.5. The largest absolute Gasteiger partial charge is 0.496 e. The molecule has 0 unspecified atom stereocenters. The summed E-state index contributed by atoms with van der Waals surface area (Å²) in [5.74, 6) is 0.571. The smallest absolute Gasteiger partial charge is 0.257 e. The van der Waals surface area contributed by atoms with Gasteiger partial charge in [0.1, 0.15) is 11.4 Å². The number of hydrogen-bond donors (Lipinski definition) is 0. The van der Waals surface area contributed by atoms with Gasteiger partial charge in [0.05, 0.1) is 31.6 Å². The van der Waals surface area contributed by atoms with Gasteiger partial charge in [-0.1, -0.05) is 42.5 Å². The van der Waals surface area contributed by atoms with Crippen molar-refractivity contribution < 1.29 is 14.3 Å². The second-order valence-electron chi connectivity index (χ2n) is 8.80. The van der Waals surface area contributed by atoms with Gasteiger partial charge in [0.25, 0.3) is 5.91 Å². The quantitative estimate of drug-likeness (QED) is 0.384. The third-order valence-corrected chi connectivity index (χ3v) is 6.41. The van der Waals surface area contributed by atoms with E-state index in [2.05, 4.69) is 29.2 Å². The zero-order valence-corrected chi connectivity index (χ0v) is 20.6. The minimum atomic E-state index is -0.102. The van der Waals surface area contributed by atoms with E-state index in [4.69, 9.17) is 14.6 Å². The second kappa shape index (κ2) is 10.7. The summed E-state index contributed by atoms with van der Waals surface area (Å²) >= 11 is 0. The number of morpholine rings is 1. The van der Waals surface area contributed by atoms with E-state index in [0.29, 0.717) is 23.6 Å². The number of methoxy groups -OCH3 is 1. The average molecular weight is 483 g/mol. The highest BCUT2D eigenvalue weighted by molar-refractivity contribution is 6.00. The van der Waals surface area contributed by atoms with Crippen molar-refractivity contribution in [1.29, 1.82) is 0 Å². The van der Waals surface area contributed by atoms with E-state index in [1.807, 2.05) is 61.6 Å². The molecule has 0 spiro atoms. The number of ether oxygens (including phenoxy) is 2. The van der Waals surface area contributed by atoms with E-state index in [1.54, 1.807) is 22.9 Å². The Kier molecular flexibility index (Phi) is 7.00. The van der Waals surface area contributed by atoms with Gasteiger partial charge in [-0.05, 0) is 42.0 Å². The zero-order chi connectivity index (χ0) is 24.9. The number of nitrogens with zero attached hydrogens (tertiary/aromatic N) is 4. The highest BCUT2D eigenvalue weighted by Gasteiger charge is 2.24. The fourth-order valence-corrected chi connectivity index (χ4v) is 4.47. The minimum absolute atomic E-state index is 0.102. The van der Waals surface area contributed by atoms with E-state index < -0.39 is 0 Å². The second-order valence-corrected chi connectivity index (χ2v) is 8.80. The molecule has 7 nitrogen and oxygen atoms in total. The first kappa shape index (κ1) is 23.6. The first-order valence-electron chi connectivity index (χ1n) is 12.1. The topological polar surface area (TPSA) is 59.8 Å². The lowest BCUT2D eigenvalue weighted by Crippen LogP contribution is -2.36. The Balaban J connectivity index is 1.42. The molecule has 1 fully saturated rings. The number of hydrogen-bond acceptors (Lipinski definition) is 5. The van der Waals surface area contributed by atoms with Gasteiger partial charge in [-0.2, -0.15) is 5.10 Å². The van der Waals surface area contributed by atoms with E-state index >= 15 is 0 Å². The molecule has 7 heteroatoms. The monoisotopic (exact) mass is 482 g/mol. The molecule has 2 heterocycles. The van der Waals surface area contributed by atoms with Crippen LogP contribution < -0.4 is 9.64 Å². The molecule has 1 amide bonds. The number of carbonyl (C=O) groups excluding carboxylic acids is 1. The Morgan fingerprint density at radius 3 is 2.36 bits per heavy atom. The summed E-state index contributed by atoms with van der Waals surface area (Å²) in [5.41, 5.74) is 5.03. The summed E-state index contributed by atoms with van der Waals surface area (Å²) < 4.78 is 12.8. The van der Waals surface area contributed by atoms with Crippen molar-refractivity contribution in [3.63, 3.8) is 0 Å². The number of amides is 1. The molecule has 1 aromatic heterocycles. The number of anilines is 1. The summed E-state index contributed by atoms with van der Waals surface area (Å²) in [4.78, 5) is 17.8. The van der Waals surface area contributed by atoms with Gasteiger partial charge in [-0.25, -0.2) is 4.68 Å². The number of para-hydroxylation sites is 2. The molecular weight excluding hydrogens is 452 g/mol. The zero-order valence-electron chi connectivity index (χ0n) is 20.6. The minimum Gasteiger partial charge on any atom is -0.496 e. The SMILES string of the molecule is COc1ccccc1-c1nn(-c2ccccc2)cc1C(=O)N(C)Cc1ccc(N2CCOCC2)cc1. The Labute approximate surface area is 211 Å². The lowest BCUT2D eigenvalue weighted by molar-refractivity contribution is 0.0786. The summed E-state index contributed by atoms with van der Waals surface area (Å²) in [5, 5.41) is 4.81. The van der Waals surface area contributed by atoms with Crippen LogP contribution in [0.4, 0.5) is 5.69 Å². The van der Waals surface area contributed by atoms with Gasteiger partial charge in [0.2, 0.25) is 0 Å². The number of carbonyl (C=O) groups is 1. The van der Waals surface area contributed by atoms with Crippen LogP contribution in [0, 0.1) is 0 Å². The van der Waals surface area contributed by atoms with Crippen molar-refractivity contribution in [3.05, 3.63) is 96.2 Å². The number of aromatic nitrogens is 2. The van der Waals surface area contributed by atoms with Crippen molar-refractivity contribution >= 4 is 11.6 Å². The molecule has 3 aromatic carbocycles. The molecule has 5 rings (SSSR count). The normalized spacial score (nSPS) is 13.4. The van der Waals surface area contributed by atoms with Gasteiger partial charge in [0.15, 0.2) is 0 Å². The summed E-state index contributed by atoms with van der Waals surface area (Å²) in [7, 11) is 3.45. The first-order chi connectivity index (χ1) is 17.6. The Morgan fingerprint density at radius 2 is 1.64 bits per heavy atom. The molecule has 0 atom stereocenters. The summed E-state index contributed by atoms with van der Waals surface area (Å²) in [6.45, 7) is 3.79. The molecule has 0 saturated carbocycles. The molecule has 0 bridgehead atoms. The Bertz CT molecular complexity index is 1310. The molecule has 1 saturated heterocycles. The maximum Gasteiger partial charge on any atom is 0.257 e. The molecular formula is C29H30N4O3. The number of benzene rings is 3. The fraction of sp³-hybridized carbons (Fsp3) is 0.241. The van der Waals surface area contributed by atoms with Crippen LogP contribution in [0.25, 0.3) is 16.9 Å². The molecule has 184 valence electrons. The lowest BCUT2D eigenvalue weighted by Gasteiger charge is -2.29. The molecule has 0 radical (unpaired) electrons. The third kappa shape index (κ3) is 4.97. The van der Waals surface area contributed by atoms with Crippen LogP contribution in [0.15, 0.2) is 85.1 Å². The van der Waals surface area contributed by atoms with Crippen molar-refractivity contribution in [2.75, 3.05) is 45.4 Å². The standard InChI is InChI=1S/C29H30N4O3/c1-31(20-22-12-14-23(15-13-22)32-16-18-36-19-17-32)29(34)26-21-33(24-8-4-3-5-9-24)30-28(26)25-10-6-7-11-27(25)35-2/h3-15,21H,16-20H2,1-2H3. The van der Waals surface area contributed by atoms with Crippen LogP contribution in [0.3, 0.4) is 0 Å². The predicted molar refractivity (Wildman–Crippen MR) is 141 cm³/mol. The van der Waals surface area contributed by atoms with E-state index in [0.717, 1.165) is 43.1 Å². The Hall–Kier alpha value is -4.10. The summed E-state index contributed by atoms with van der Waals surface area (Å²) in [6, 6.07) is 25.8. The maximum absolute atomic E-state index is 13.7. The molecule has 0 N–H and O–H groups in total. The van der Waals surface area contributed by atoms with Crippen LogP contribution in [0.2, 0.25) is 0 Å². The van der Waals surface area contributed by atoms with Crippen LogP contribution in [0.5, 0.6) is 5.75 Å². The van der Waals surface area contributed by atoms with Crippen molar-refractivity contribution in [2.45, 2.75) is 6.54 Å². The number of rotatable bonds is 7. The van der Waals surface area contributed by atoms with Gasteiger partial charge in [-0.3, -0.25) is 4.79 Å². The van der Waals surface area contributed by atoms with E-state index in [9.17, 15) is 4.79 Å². The average Bonchev–Trinajstić information content (AvgIpc) is 3.39. The fourth-order valence-electron chi connectivity index (χ4n) is 4.47. The molecule has 1 aliphatic rings. The van der Waals surface area contributed by atoms with Gasteiger partial charge >= 0.3 is 0 Å². The van der Waals surface area contributed by atoms with Crippen molar-refractivity contribution in [1.82, 2.24) is 14.7 Å². The Morgan fingerprint density at radius 1 is 0.944 bits per heavy atom. The molecule has 36 heavy (non-hydrogen) atoms. The lowest BCUT2D eigenvalue weighted by atomic mass is 10.1. The third-order valence-electron chi connectivity index (χ3n) is 6.41. The van der Waals surface area contributed by atoms with E-state index in [-0.39, 0.29) is 5.91 Å². The van der Waals surface area contributed by atoms with Crippen LogP contribution in [0.1, 0.15) is 15.9 Å². The van der Waals surface area contributed by atoms with Gasteiger partial charge in [-0.15, -0.1) is 0 Å². The first-order valence-corrected chi connectivity index (χ1v) is 12.1. The van der Waals surface area contributed by atoms with Gasteiger partial charge in [0, 0.05) is 44.1 Å². The molecule has 1 aliphatic heterocycles. The summed E-state index contributed by atoms with van der Waals surface area (Å²) in [6.07, 6.45) is 1.80. The van der Waals surface area contributed by atoms with Crippen LogP contribution in [-0.2, 0) is 11.3 Å².